The number of sulfone groups is 1. The highest BCUT2D eigenvalue weighted by Crippen LogP contribution is 2.45. The number of carbonyl (C=O) groups excluding carboxylic acids is 1. The number of benzene rings is 1. The number of aryl methyl sites for hydroxylation is 1. The van der Waals surface area contributed by atoms with Crippen LogP contribution in [0.4, 0.5) is 5.82 Å². The lowest BCUT2D eigenvalue weighted by atomic mass is 9.85. The molecular formula is C17H17Cl2N3O3S. The van der Waals surface area contributed by atoms with Crippen molar-refractivity contribution in [1.82, 2.24) is 9.78 Å². The van der Waals surface area contributed by atoms with E-state index in [0.29, 0.717) is 27.8 Å². The van der Waals surface area contributed by atoms with Gasteiger partial charge in [-0.1, -0.05) is 29.3 Å². The van der Waals surface area contributed by atoms with Crippen LogP contribution in [0, 0.1) is 6.92 Å². The van der Waals surface area contributed by atoms with Crippen LogP contribution in [0.15, 0.2) is 18.2 Å². The van der Waals surface area contributed by atoms with Gasteiger partial charge >= 0.3 is 0 Å². The highest BCUT2D eigenvalue weighted by Gasteiger charge is 2.38. The standard InChI is InChI=1S/C17H17Cl2N3O3S/c1-9-15-11(16-12(18)3-2-4-13(16)19)7-14(23)20-17(15)22(21-9)10-5-6-26(24,25)8-10/h2-4,10-11H,5-8H2,1H3,(H,20,23)/t10-,11+/m1/s1. The lowest BCUT2D eigenvalue weighted by Crippen LogP contribution is -2.26. The van der Waals surface area contributed by atoms with Crippen molar-refractivity contribution in [3.8, 4) is 0 Å². The largest absolute Gasteiger partial charge is 0.311 e. The van der Waals surface area contributed by atoms with E-state index in [1.807, 2.05) is 6.92 Å². The van der Waals surface area contributed by atoms with Gasteiger partial charge in [0.25, 0.3) is 0 Å². The van der Waals surface area contributed by atoms with Crippen LogP contribution < -0.4 is 5.32 Å². The second-order valence-electron chi connectivity index (χ2n) is 6.79. The molecule has 1 N–H and O–H groups in total. The molecule has 6 nitrogen and oxygen atoms in total. The van der Waals surface area contributed by atoms with Gasteiger partial charge in [-0.2, -0.15) is 5.10 Å². The number of amides is 1. The van der Waals surface area contributed by atoms with Crippen molar-refractivity contribution in [2.24, 2.45) is 0 Å². The molecule has 138 valence electrons. The van der Waals surface area contributed by atoms with Crippen molar-refractivity contribution in [3.63, 3.8) is 0 Å². The third-order valence-electron chi connectivity index (χ3n) is 5.03. The maximum Gasteiger partial charge on any atom is 0.226 e. The molecule has 0 spiro atoms. The van der Waals surface area contributed by atoms with Crippen LogP contribution in [0.2, 0.25) is 10.0 Å². The van der Waals surface area contributed by atoms with Gasteiger partial charge < -0.3 is 5.32 Å². The first-order valence-corrected chi connectivity index (χ1v) is 10.9. The van der Waals surface area contributed by atoms with Gasteiger partial charge in [0.15, 0.2) is 9.84 Å². The maximum atomic E-state index is 12.4. The van der Waals surface area contributed by atoms with Crippen molar-refractivity contribution in [3.05, 3.63) is 45.1 Å². The SMILES string of the molecule is Cc1nn([C@@H]2CCS(=O)(=O)C2)c2c1[C@@H](c1c(Cl)cccc1Cl)CC(=O)N2. The lowest BCUT2D eigenvalue weighted by molar-refractivity contribution is -0.116. The number of halogens is 2. The highest BCUT2D eigenvalue weighted by molar-refractivity contribution is 7.91. The summed E-state index contributed by atoms with van der Waals surface area (Å²) in [5.41, 5.74) is 2.29. The van der Waals surface area contributed by atoms with Crippen LogP contribution in [-0.2, 0) is 14.6 Å². The molecule has 2 aliphatic rings. The monoisotopic (exact) mass is 413 g/mol. The van der Waals surface area contributed by atoms with Gasteiger partial charge in [0.2, 0.25) is 5.91 Å². The van der Waals surface area contributed by atoms with Gasteiger partial charge in [0, 0.05) is 27.9 Å². The van der Waals surface area contributed by atoms with Crippen molar-refractivity contribution < 1.29 is 13.2 Å². The predicted octanol–water partition coefficient (Wildman–Crippen LogP) is 3.33. The van der Waals surface area contributed by atoms with Crippen molar-refractivity contribution in [2.75, 3.05) is 16.8 Å². The first kappa shape index (κ1) is 17.8. The number of rotatable bonds is 2. The topological polar surface area (TPSA) is 81.1 Å². The second-order valence-corrected chi connectivity index (χ2v) is 9.83. The Hall–Kier alpha value is -1.57. The molecular weight excluding hydrogens is 397 g/mol. The summed E-state index contributed by atoms with van der Waals surface area (Å²) in [4.78, 5) is 12.4. The number of hydrogen-bond donors (Lipinski definition) is 1. The third-order valence-corrected chi connectivity index (χ3v) is 7.44. The van der Waals surface area contributed by atoms with Crippen LogP contribution in [0.1, 0.15) is 41.6 Å². The summed E-state index contributed by atoms with van der Waals surface area (Å²) in [5, 5.41) is 8.43. The van der Waals surface area contributed by atoms with Crippen LogP contribution in [0.25, 0.3) is 0 Å². The molecule has 2 aromatic rings. The zero-order chi connectivity index (χ0) is 18.6. The van der Waals surface area contributed by atoms with E-state index in [2.05, 4.69) is 10.4 Å². The Kier molecular flexibility index (Phi) is 4.28. The molecule has 2 atom stereocenters. The molecule has 0 saturated carbocycles. The summed E-state index contributed by atoms with van der Waals surface area (Å²) in [6, 6.07) is 4.98. The number of nitrogens with zero attached hydrogens (tertiary/aromatic N) is 2. The molecule has 1 fully saturated rings. The number of nitrogens with one attached hydrogen (secondary N) is 1. The molecule has 0 aliphatic carbocycles. The molecule has 9 heteroatoms. The van der Waals surface area contributed by atoms with E-state index in [0.717, 1.165) is 11.3 Å². The molecule has 4 rings (SSSR count). The first-order chi connectivity index (χ1) is 12.3. The Morgan fingerprint density at radius 3 is 2.54 bits per heavy atom. The number of carbonyl (C=O) groups is 1. The summed E-state index contributed by atoms with van der Waals surface area (Å²) in [5.74, 6) is 0.251. The van der Waals surface area contributed by atoms with E-state index < -0.39 is 9.84 Å². The van der Waals surface area contributed by atoms with Crippen LogP contribution in [-0.4, -0.2) is 35.6 Å². The van der Waals surface area contributed by atoms with Crippen LogP contribution in [0.5, 0.6) is 0 Å². The molecule has 3 heterocycles. The van der Waals surface area contributed by atoms with E-state index in [1.54, 1.807) is 22.9 Å². The number of aromatic nitrogens is 2. The van der Waals surface area contributed by atoms with Crippen molar-refractivity contribution in [2.45, 2.75) is 31.7 Å². The molecule has 0 unspecified atom stereocenters. The Morgan fingerprint density at radius 1 is 1.23 bits per heavy atom. The minimum absolute atomic E-state index is 0.0357. The quantitative estimate of drug-likeness (QED) is 0.818. The van der Waals surface area contributed by atoms with E-state index in [1.165, 1.54) is 0 Å². The molecule has 2 aliphatic heterocycles. The summed E-state index contributed by atoms with van der Waals surface area (Å²) in [6.45, 7) is 1.86. The molecule has 0 radical (unpaired) electrons. The minimum atomic E-state index is -3.07. The maximum absolute atomic E-state index is 12.4. The van der Waals surface area contributed by atoms with Gasteiger partial charge in [0.05, 0.1) is 23.2 Å². The van der Waals surface area contributed by atoms with Gasteiger partial charge in [-0.3, -0.25) is 4.79 Å². The van der Waals surface area contributed by atoms with Gasteiger partial charge in [-0.25, -0.2) is 13.1 Å². The average molecular weight is 414 g/mol. The highest BCUT2D eigenvalue weighted by atomic mass is 35.5. The van der Waals surface area contributed by atoms with Gasteiger partial charge in [-0.15, -0.1) is 0 Å². The Balaban J connectivity index is 1.86. The fraction of sp³-hybridized carbons (Fsp3) is 0.412. The van der Waals surface area contributed by atoms with Gasteiger partial charge in [-0.05, 0) is 31.0 Å². The fourth-order valence-electron chi connectivity index (χ4n) is 3.90. The molecule has 1 amide bonds. The summed E-state index contributed by atoms with van der Waals surface area (Å²) in [6.07, 6.45) is 0.704. The molecule has 1 saturated heterocycles. The predicted molar refractivity (Wildman–Crippen MR) is 101 cm³/mol. The van der Waals surface area contributed by atoms with Crippen LogP contribution >= 0.6 is 23.2 Å². The van der Waals surface area contributed by atoms with E-state index >= 15 is 0 Å². The third kappa shape index (κ3) is 2.92. The smallest absolute Gasteiger partial charge is 0.226 e. The Morgan fingerprint density at radius 2 is 1.92 bits per heavy atom. The minimum Gasteiger partial charge on any atom is -0.311 e. The summed E-state index contributed by atoms with van der Waals surface area (Å²) < 4.78 is 25.4. The van der Waals surface area contributed by atoms with E-state index in [9.17, 15) is 13.2 Å². The Labute approximate surface area is 161 Å². The average Bonchev–Trinajstić information content (AvgIpc) is 3.06. The second kappa shape index (κ2) is 6.25. The molecule has 26 heavy (non-hydrogen) atoms. The van der Waals surface area contributed by atoms with Crippen molar-refractivity contribution >= 4 is 44.8 Å². The number of hydrogen-bond acceptors (Lipinski definition) is 4. The molecule has 1 aromatic carbocycles. The molecule has 0 bridgehead atoms. The normalized spacial score (nSPS) is 24.3. The summed E-state index contributed by atoms with van der Waals surface area (Å²) in [7, 11) is -3.07. The zero-order valence-corrected chi connectivity index (χ0v) is 16.3. The number of anilines is 1. The number of fused-ring (bicyclic) bond motifs is 1. The lowest BCUT2D eigenvalue weighted by Gasteiger charge is -2.26. The molecule has 1 aromatic heterocycles. The first-order valence-electron chi connectivity index (χ1n) is 8.30. The Bertz CT molecular complexity index is 996. The van der Waals surface area contributed by atoms with Gasteiger partial charge in [0.1, 0.15) is 5.82 Å². The summed E-state index contributed by atoms with van der Waals surface area (Å²) >= 11 is 12.8. The fourth-order valence-corrected chi connectivity index (χ4v) is 6.25. The van der Waals surface area contributed by atoms with Crippen LogP contribution in [0.3, 0.4) is 0 Å². The zero-order valence-electron chi connectivity index (χ0n) is 14.0. The van der Waals surface area contributed by atoms with E-state index in [-0.39, 0.29) is 35.8 Å². The van der Waals surface area contributed by atoms with Crippen molar-refractivity contribution in [1.29, 1.82) is 0 Å². The van der Waals surface area contributed by atoms with E-state index in [4.69, 9.17) is 23.2 Å².